The van der Waals surface area contributed by atoms with Crippen molar-refractivity contribution < 1.29 is 4.79 Å². The summed E-state index contributed by atoms with van der Waals surface area (Å²) in [5.74, 6) is 0.714. The molecule has 0 bridgehead atoms. The molecule has 0 saturated carbocycles. The molecular weight excluding hydrogens is 286 g/mol. The van der Waals surface area contributed by atoms with Crippen molar-refractivity contribution in [3.8, 4) is 11.1 Å². The van der Waals surface area contributed by atoms with Crippen LogP contribution in [0.1, 0.15) is 27.7 Å². The summed E-state index contributed by atoms with van der Waals surface area (Å²) in [6.07, 6.45) is 1.84. The van der Waals surface area contributed by atoms with Gasteiger partial charge in [0.15, 0.2) is 0 Å². The van der Waals surface area contributed by atoms with Crippen LogP contribution in [-0.2, 0) is 0 Å². The van der Waals surface area contributed by atoms with Gasteiger partial charge in [-0.15, -0.1) is 0 Å². The molecule has 2 amide bonds. The Balaban J connectivity index is 1.87. The largest absolute Gasteiger partial charge is 0.326 e. The first-order valence-corrected chi connectivity index (χ1v) is 8.02. The van der Waals surface area contributed by atoms with Crippen molar-refractivity contribution in [3.05, 3.63) is 48.7 Å². The van der Waals surface area contributed by atoms with Gasteiger partial charge < -0.3 is 4.90 Å². The zero-order valence-corrected chi connectivity index (χ0v) is 14.2. The molecule has 1 fully saturated rings. The summed E-state index contributed by atoms with van der Waals surface area (Å²) in [7, 11) is 0. The third-order valence-electron chi connectivity index (χ3n) is 4.28. The van der Waals surface area contributed by atoms with Crippen LogP contribution in [0.4, 0.5) is 10.6 Å². The Bertz CT molecular complexity index is 692. The zero-order valence-electron chi connectivity index (χ0n) is 14.2. The molecule has 0 unspecified atom stereocenters. The molecule has 0 aliphatic carbocycles. The van der Waals surface area contributed by atoms with Crippen LogP contribution in [-0.4, -0.2) is 34.0 Å². The second kappa shape index (κ2) is 5.69. The lowest BCUT2D eigenvalue weighted by Gasteiger charge is -2.32. The Kier molecular flexibility index (Phi) is 3.84. The number of urea groups is 1. The molecule has 0 radical (unpaired) electrons. The number of benzene rings is 1. The Hall–Kier alpha value is -2.36. The highest BCUT2D eigenvalue weighted by Crippen LogP contribution is 2.31. The van der Waals surface area contributed by atoms with Crippen molar-refractivity contribution in [2.45, 2.75) is 39.3 Å². The van der Waals surface area contributed by atoms with Crippen LogP contribution in [0.3, 0.4) is 0 Å². The van der Waals surface area contributed by atoms with Gasteiger partial charge in [0.25, 0.3) is 0 Å². The maximum Gasteiger partial charge on any atom is 0.326 e. The molecule has 1 aromatic carbocycles. The number of hydrogen-bond donors (Lipinski definition) is 0. The van der Waals surface area contributed by atoms with E-state index in [4.69, 9.17) is 0 Å². The summed E-state index contributed by atoms with van der Waals surface area (Å²) in [5, 5.41) is 0. The maximum atomic E-state index is 12.7. The average molecular weight is 309 g/mol. The first-order valence-electron chi connectivity index (χ1n) is 8.02. The van der Waals surface area contributed by atoms with Crippen molar-refractivity contribution in [2.24, 2.45) is 0 Å². The number of carbonyl (C=O) groups is 1. The molecule has 1 aromatic heterocycles. The van der Waals surface area contributed by atoms with Crippen LogP contribution >= 0.6 is 0 Å². The second-order valence-corrected chi connectivity index (χ2v) is 6.92. The molecule has 3 rings (SSSR count). The van der Waals surface area contributed by atoms with Gasteiger partial charge >= 0.3 is 6.03 Å². The highest BCUT2D eigenvalue weighted by molar-refractivity contribution is 5.94. The van der Waals surface area contributed by atoms with Gasteiger partial charge in [-0.3, -0.25) is 4.90 Å². The smallest absolute Gasteiger partial charge is 0.315 e. The summed E-state index contributed by atoms with van der Waals surface area (Å²) >= 11 is 0. The number of rotatable bonds is 3. The topological polar surface area (TPSA) is 36.4 Å². The number of hydrogen-bond acceptors (Lipinski definition) is 2. The summed E-state index contributed by atoms with van der Waals surface area (Å²) in [4.78, 5) is 21.0. The molecule has 0 atom stereocenters. The molecule has 1 saturated heterocycles. The summed E-state index contributed by atoms with van der Waals surface area (Å²) in [5.41, 5.74) is 2.00. The fourth-order valence-electron chi connectivity index (χ4n) is 3.37. The maximum absolute atomic E-state index is 12.7. The fourth-order valence-corrected chi connectivity index (χ4v) is 3.37. The molecule has 1 aliphatic rings. The van der Waals surface area contributed by atoms with E-state index < -0.39 is 0 Å². The molecular formula is C19H23N3O. The van der Waals surface area contributed by atoms with Gasteiger partial charge in [0.1, 0.15) is 5.82 Å². The molecule has 1 aliphatic heterocycles. The normalized spacial score (nSPS) is 17.2. The zero-order chi connectivity index (χ0) is 16.6. The van der Waals surface area contributed by atoms with Crippen LogP contribution in [0.25, 0.3) is 11.1 Å². The monoisotopic (exact) mass is 309 g/mol. The third-order valence-corrected chi connectivity index (χ3v) is 4.28. The van der Waals surface area contributed by atoms with Gasteiger partial charge in [0, 0.05) is 17.8 Å². The number of aromatic nitrogens is 1. The van der Waals surface area contributed by atoms with E-state index in [-0.39, 0.29) is 17.6 Å². The average Bonchev–Trinajstić information content (AvgIpc) is 2.78. The van der Waals surface area contributed by atoms with Gasteiger partial charge in [0.05, 0.1) is 12.1 Å². The number of amides is 2. The van der Waals surface area contributed by atoms with Crippen molar-refractivity contribution in [1.82, 2.24) is 9.88 Å². The molecule has 0 N–H and O–H groups in total. The predicted octanol–water partition coefficient (Wildman–Crippen LogP) is 4.18. The first kappa shape index (κ1) is 15.5. The first-order chi connectivity index (χ1) is 10.9. The minimum atomic E-state index is -0.189. The van der Waals surface area contributed by atoms with Crippen LogP contribution in [0.5, 0.6) is 0 Å². The minimum absolute atomic E-state index is 0.0324. The number of pyridine rings is 1. The Morgan fingerprint density at radius 3 is 2.26 bits per heavy atom. The molecule has 23 heavy (non-hydrogen) atoms. The Labute approximate surface area is 137 Å². The molecule has 120 valence electrons. The van der Waals surface area contributed by atoms with E-state index in [1.165, 1.54) is 0 Å². The second-order valence-electron chi connectivity index (χ2n) is 6.92. The van der Waals surface area contributed by atoms with E-state index in [2.05, 4.69) is 44.8 Å². The van der Waals surface area contributed by atoms with Gasteiger partial charge in [-0.05, 0) is 45.4 Å². The predicted molar refractivity (Wildman–Crippen MR) is 93.5 cm³/mol. The van der Waals surface area contributed by atoms with E-state index in [0.29, 0.717) is 12.4 Å². The molecule has 4 nitrogen and oxygen atoms in total. The van der Waals surface area contributed by atoms with Crippen molar-refractivity contribution in [1.29, 1.82) is 0 Å². The Morgan fingerprint density at radius 2 is 1.74 bits per heavy atom. The van der Waals surface area contributed by atoms with Gasteiger partial charge in [0.2, 0.25) is 0 Å². The standard InChI is InChI=1S/C19H23N3O/c1-14(2)22-18(23)21(13-19(22,3)4)17-11-10-16(12-20-17)15-8-6-5-7-9-15/h5-12,14H,13H2,1-4H3. The lowest BCUT2D eigenvalue weighted by Crippen LogP contribution is -2.46. The van der Waals surface area contributed by atoms with Gasteiger partial charge in [-0.2, -0.15) is 0 Å². The number of carbonyl (C=O) groups excluding carboxylic acids is 1. The quantitative estimate of drug-likeness (QED) is 0.853. The summed E-state index contributed by atoms with van der Waals surface area (Å²) in [6, 6.07) is 14.3. The van der Waals surface area contributed by atoms with Crippen molar-refractivity contribution >= 4 is 11.8 Å². The Morgan fingerprint density at radius 1 is 1.04 bits per heavy atom. The highest BCUT2D eigenvalue weighted by atomic mass is 16.2. The van der Waals surface area contributed by atoms with Crippen LogP contribution in [0, 0.1) is 0 Å². The van der Waals surface area contributed by atoms with Crippen LogP contribution < -0.4 is 4.90 Å². The van der Waals surface area contributed by atoms with Crippen LogP contribution in [0.15, 0.2) is 48.7 Å². The van der Waals surface area contributed by atoms with E-state index in [1.807, 2.05) is 41.4 Å². The fraction of sp³-hybridized carbons (Fsp3) is 0.368. The molecule has 4 heteroatoms. The van der Waals surface area contributed by atoms with Crippen molar-refractivity contribution in [2.75, 3.05) is 11.4 Å². The molecule has 2 aromatic rings. The lowest BCUT2D eigenvalue weighted by atomic mass is 10.0. The summed E-state index contributed by atoms with van der Waals surface area (Å²) < 4.78 is 0. The van der Waals surface area contributed by atoms with Gasteiger partial charge in [-0.1, -0.05) is 30.3 Å². The third kappa shape index (κ3) is 2.81. The van der Waals surface area contributed by atoms with E-state index in [9.17, 15) is 4.79 Å². The van der Waals surface area contributed by atoms with E-state index in [0.717, 1.165) is 11.1 Å². The van der Waals surface area contributed by atoms with Crippen molar-refractivity contribution in [3.63, 3.8) is 0 Å². The summed E-state index contributed by atoms with van der Waals surface area (Å²) in [6.45, 7) is 8.96. The molecule has 0 spiro atoms. The van der Waals surface area contributed by atoms with Gasteiger partial charge in [-0.25, -0.2) is 9.78 Å². The van der Waals surface area contributed by atoms with E-state index in [1.54, 1.807) is 4.90 Å². The number of anilines is 1. The van der Waals surface area contributed by atoms with Crippen LogP contribution in [0.2, 0.25) is 0 Å². The SMILES string of the molecule is CC(C)N1C(=O)N(c2ccc(-c3ccccc3)cn2)CC1(C)C. The lowest BCUT2D eigenvalue weighted by molar-refractivity contribution is 0.152. The molecule has 2 heterocycles. The minimum Gasteiger partial charge on any atom is -0.315 e. The van der Waals surface area contributed by atoms with E-state index >= 15 is 0 Å². The number of nitrogens with zero attached hydrogens (tertiary/aromatic N) is 3. The highest BCUT2D eigenvalue weighted by Gasteiger charge is 2.45.